The Hall–Kier alpha value is -2.98. The molecule has 0 aliphatic rings. The number of carbonyl (C=O) groups is 1. The summed E-state index contributed by atoms with van der Waals surface area (Å²) >= 11 is 0. The van der Waals surface area contributed by atoms with Crippen LogP contribution in [0.1, 0.15) is 17.2 Å². The minimum atomic E-state index is -0.734. The van der Waals surface area contributed by atoms with Crippen LogP contribution in [0.4, 0.5) is 0 Å². The highest BCUT2D eigenvalue weighted by Gasteiger charge is 2.10. The molecule has 0 radical (unpaired) electrons. The molecule has 2 aromatic carbocycles. The molecule has 1 unspecified atom stereocenters. The first-order valence-electron chi connectivity index (χ1n) is 8.21. The molecule has 0 saturated carbocycles. The molecule has 0 spiro atoms. The number of rotatable bonds is 6. The van der Waals surface area contributed by atoms with Crippen molar-refractivity contribution in [2.24, 2.45) is 0 Å². The molecule has 0 fully saturated rings. The molecule has 1 atom stereocenters. The van der Waals surface area contributed by atoms with E-state index in [-0.39, 0.29) is 18.9 Å². The van der Waals surface area contributed by atoms with Crippen molar-refractivity contribution in [1.82, 2.24) is 10.3 Å². The van der Waals surface area contributed by atoms with E-state index in [0.717, 1.165) is 22.3 Å². The van der Waals surface area contributed by atoms with Crippen LogP contribution in [0.2, 0.25) is 0 Å². The molecule has 3 aromatic rings. The first kappa shape index (κ1) is 16.9. The molecule has 4 nitrogen and oxygen atoms in total. The third-order valence-corrected chi connectivity index (χ3v) is 3.98. The number of amides is 1. The van der Waals surface area contributed by atoms with Crippen LogP contribution in [-0.4, -0.2) is 22.5 Å². The van der Waals surface area contributed by atoms with Crippen molar-refractivity contribution in [3.8, 4) is 11.1 Å². The van der Waals surface area contributed by atoms with Crippen LogP contribution in [0.15, 0.2) is 79.1 Å². The summed E-state index contributed by atoms with van der Waals surface area (Å²) in [5.41, 5.74) is 3.86. The third kappa shape index (κ3) is 4.75. The third-order valence-electron chi connectivity index (χ3n) is 3.98. The molecule has 4 heteroatoms. The quantitative estimate of drug-likeness (QED) is 0.729. The van der Waals surface area contributed by atoms with E-state index in [0.29, 0.717) is 0 Å². The van der Waals surface area contributed by atoms with Crippen molar-refractivity contribution >= 4 is 5.91 Å². The van der Waals surface area contributed by atoms with E-state index >= 15 is 0 Å². The van der Waals surface area contributed by atoms with Gasteiger partial charge in [0.2, 0.25) is 5.91 Å². The summed E-state index contributed by atoms with van der Waals surface area (Å²) in [6, 6.07) is 21.4. The Labute approximate surface area is 147 Å². The monoisotopic (exact) mass is 332 g/mol. The highest BCUT2D eigenvalue weighted by Crippen LogP contribution is 2.21. The molecule has 2 N–H and O–H groups in total. The van der Waals surface area contributed by atoms with Crippen molar-refractivity contribution in [2.75, 3.05) is 6.54 Å². The average molecular weight is 332 g/mol. The molecule has 1 heterocycles. The summed E-state index contributed by atoms with van der Waals surface area (Å²) in [6.45, 7) is 0.184. The lowest BCUT2D eigenvalue weighted by Gasteiger charge is -2.13. The summed E-state index contributed by atoms with van der Waals surface area (Å²) in [4.78, 5) is 15.9. The number of aliphatic hydroxyl groups is 1. The van der Waals surface area contributed by atoms with Crippen LogP contribution >= 0.6 is 0 Å². The molecule has 0 bridgehead atoms. The van der Waals surface area contributed by atoms with E-state index < -0.39 is 6.10 Å². The number of aliphatic hydroxyl groups excluding tert-OH is 1. The smallest absolute Gasteiger partial charge is 0.224 e. The molecule has 0 aliphatic carbocycles. The van der Waals surface area contributed by atoms with Gasteiger partial charge in [0.25, 0.3) is 0 Å². The number of carbonyl (C=O) groups excluding carboxylic acids is 1. The van der Waals surface area contributed by atoms with Crippen LogP contribution in [0.3, 0.4) is 0 Å². The normalized spacial score (nSPS) is 11.7. The van der Waals surface area contributed by atoms with E-state index in [2.05, 4.69) is 10.3 Å². The molecular formula is C21H20N2O2. The minimum absolute atomic E-state index is 0.132. The SMILES string of the molecule is O=C(Cc1cccnc1)NCC(O)c1ccc(-c2ccccc2)cc1. The van der Waals surface area contributed by atoms with Gasteiger partial charge in [-0.05, 0) is 28.3 Å². The Bertz CT molecular complexity index is 802. The number of hydrogen-bond acceptors (Lipinski definition) is 3. The Balaban J connectivity index is 1.54. The molecule has 3 rings (SSSR count). The Morgan fingerprint density at radius 2 is 1.68 bits per heavy atom. The van der Waals surface area contributed by atoms with Crippen molar-refractivity contribution < 1.29 is 9.90 Å². The highest BCUT2D eigenvalue weighted by molar-refractivity contribution is 5.78. The minimum Gasteiger partial charge on any atom is -0.387 e. The van der Waals surface area contributed by atoms with Crippen molar-refractivity contribution in [3.63, 3.8) is 0 Å². The molecule has 1 amide bonds. The van der Waals surface area contributed by atoms with Crippen molar-refractivity contribution in [3.05, 3.63) is 90.3 Å². The number of pyridine rings is 1. The molecule has 0 aliphatic heterocycles. The van der Waals surface area contributed by atoms with Gasteiger partial charge in [0.1, 0.15) is 0 Å². The van der Waals surface area contributed by atoms with E-state index in [4.69, 9.17) is 0 Å². The second-order valence-electron chi connectivity index (χ2n) is 5.85. The van der Waals surface area contributed by atoms with Gasteiger partial charge in [-0.25, -0.2) is 0 Å². The van der Waals surface area contributed by atoms with Gasteiger partial charge in [-0.1, -0.05) is 60.7 Å². The van der Waals surface area contributed by atoms with Crippen LogP contribution in [-0.2, 0) is 11.2 Å². The lowest BCUT2D eigenvalue weighted by molar-refractivity contribution is -0.120. The van der Waals surface area contributed by atoms with E-state index in [1.54, 1.807) is 18.5 Å². The van der Waals surface area contributed by atoms with E-state index in [1.807, 2.05) is 60.7 Å². The van der Waals surface area contributed by atoms with Crippen LogP contribution in [0.25, 0.3) is 11.1 Å². The predicted octanol–water partition coefficient (Wildman–Crippen LogP) is 3.14. The summed E-state index contributed by atoms with van der Waals surface area (Å²) in [7, 11) is 0. The summed E-state index contributed by atoms with van der Waals surface area (Å²) in [6.07, 6.45) is 2.86. The molecular weight excluding hydrogens is 312 g/mol. The fraction of sp³-hybridized carbons (Fsp3) is 0.143. The molecule has 0 saturated heterocycles. The fourth-order valence-electron chi connectivity index (χ4n) is 2.61. The van der Waals surface area contributed by atoms with Crippen LogP contribution in [0, 0.1) is 0 Å². The average Bonchev–Trinajstić information content (AvgIpc) is 2.68. The Morgan fingerprint density at radius 3 is 2.36 bits per heavy atom. The lowest BCUT2D eigenvalue weighted by Crippen LogP contribution is -2.29. The second-order valence-corrected chi connectivity index (χ2v) is 5.85. The zero-order valence-electron chi connectivity index (χ0n) is 13.8. The molecule has 25 heavy (non-hydrogen) atoms. The van der Waals surface area contributed by atoms with Gasteiger partial charge in [0, 0.05) is 18.9 Å². The topological polar surface area (TPSA) is 62.2 Å². The van der Waals surface area contributed by atoms with Gasteiger partial charge in [0.15, 0.2) is 0 Å². The van der Waals surface area contributed by atoms with Gasteiger partial charge >= 0.3 is 0 Å². The Morgan fingerprint density at radius 1 is 0.960 bits per heavy atom. The Kier molecular flexibility index (Phi) is 5.54. The maximum atomic E-state index is 11.9. The van der Waals surface area contributed by atoms with Gasteiger partial charge in [-0.3, -0.25) is 9.78 Å². The highest BCUT2D eigenvalue weighted by atomic mass is 16.3. The predicted molar refractivity (Wildman–Crippen MR) is 97.8 cm³/mol. The largest absolute Gasteiger partial charge is 0.387 e. The van der Waals surface area contributed by atoms with Gasteiger partial charge < -0.3 is 10.4 Å². The summed E-state index contributed by atoms with van der Waals surface area (Å²) in [5, 5.41) is 13.0. The number of hydrogen-bond donors (Lipinski definition) is 2. The van der Waals surface area contributed by atoms with Gasteiger partial charge in [-0.15, -0.1) is 0 Å². The first-order valence-corrected chi connectivity index (χ1v) is 8.21. The fourth-order valence-corrected chi connectivity index (χ4v) is 2.61. The maximum Gasteiger partial charge on any atom is 0.224 e. The number of benzene rings is 2. The van der Waals surface area contributed by atoms with E-state index in [1.165, 1.54) is 0 Å². The molecule has 126 valence electrons. The second kappa shape index (κ2) is 8.22. The summed E-state index contributed by atoms with van der Waals surface area (Å²) < 4.78 is 0. The maximum absolute atomic E-state index is 11.9. The van der Waals surface area contributed by atoms with E-state index in [9.17, 15) is 9.90 Å². The molecule has 1 aromatic heterocycles. The van der Waals surface area contributed by atoms with Crippen LogP contribution < -0.4 is 5.32 Å². The zero-order chi connectivity index (χ0) is 17.5. The first-order chi connectivity index (χ1) is 12.2. The number of nitrogens with one attached hydrogen (secondary N) is 1. The van der Waals surface area contributed by atoms with Crippen molar-refractivity contribution in [2.45, 2.75) is 12.5 Å². The number of nitrogens with zero attached hydrogens (tertiary/aromatic N) is 1. The van der Waals surface area contributed by atoms with Crippen molar-refractivity contribution in [1.29, 1.82) is 0 Å². The zero-order valence-corrected chi connectivity index (χ0v) is 13.8. The van der Waals surface area contributed by atoms with Gasteiger partial charge in [-0.2, -0.15) is 0 Å². The van der Waals surface area contributed by atoms with Gasteiger partial charge in [0.05, 0.1) is 12.5 Å². The van der Waals surface area contributed by atoms with Crippen LogP contribution in [0.5, 0.6) is 0 Å². The standard InChI is InChI=1S/C21H20N2O2/c24-20(15-23-21(25)13-16-5-4-12-22-14-16)19-10-8-18(9-11-19)17-6-2-1-3-7-17/h1-12,14,20,24H,13,15H2,(H,23,25). The summed E-state index contributed by atoms with van der Waals surface area (Å²) in [5.74, 6) is -0.132. The lowest BCUT2D eigenvalue weighted by atomic mass is 10.0. The number of aromatic nitrogens is 1.